The zero-order chi connectivity index (χ0) is 12.2. The fourth-order valence-corrected chi connectivity index (χ4v) is 1.62. The van der Waals surface area contributed by atoms with Gasteiger partial charge in [-0.3, -0.25) is 0 Å². The number of esters is 1. The SMILES string of the molecule is CCOC(=O)C(C)(O)Cc1ccc(Br)cc1. The average Bonchev–Trinajstić information content (AvgIpc) is 2.21. The van der Waals surface area contributed by atoms with Crippen LogP contribution in [0.1, 0.15) is 19.4 Å². The average molecular weight is 287 g/mol. The highest BCUT2D eigenvalue weighted by atomic mass is 79.9. The number of halogens is 1. The number of carbonyl (C=O) groups is 1. The fourth-order valence-electron chi connectivity index (χ4n) is 1.36. The number of benzene rings is 1. The zero-order valence-electron chi connectivity index (χ0n) is 9.37. The molecule has 0 saturated carbocycles. The van der Waals surface area contributed by atoms with Crippen molar-refractivity contribution in [2.45, 2.75) is 25.9 Å². The number of hydrogen-bond donors (Lipinski definition) is 1. The van der Waals surface area contributed by atoms with E-state index in [-0.39, 0.29) is 13.0 Å². The first-order chi connectivity index (χ1) is 7.45. The molecular weight excluding hydrogens is 272 g/mol. The van der Waals surface area contributed by atoms with E-state index in [1.165, 1.54) is 6.92 Å². The second kappa shape index (κ2) is 5.46. The smallest absolute Gasteiger partial charge is 0.338 e. The second-order valence-corrected chi connectivity index (χ2v) is 4.71. The molecule has 0 aliphatic carbocycles. The van der Waals surface area contributed by atoms with Gasteiger partial charge in [-0.2, -0.15) is 0 Å². The van der Waals surface area contributed by atoms with Crippen LogP contribution in [-0.4, -0.2) is 23.3 Å². The van der Waals surface area contributed by atoms with E-state index in [1.807, 2.05) is 24.3 Å². The van der Waals surface area contributed by atoms with E-state index in [2.05, 4.69) is 15.9 Å². The molecule has 0 aromatic heterocycles. The standard InChI is InChI=1S/C12H15BrO3/c1-3-16-11(14)12(2,15)8-9-4-6-10(13)7-5-9/h4-7,15H,3,8H2,1-2H3. The van der Waals surface area contributed by atoms with Crippen LogP contribution in [0.5, 0.6) is 0 Å². The Balaban J connectivity index is 2.72. The van der Waals surface area contributed by atoms with E-state index in [0.717, 1.165) is 10.0 Å². The normalized spacial score (nSPS) is 14.2. The van der Waals surface area contributed by atoms with Gasteiger partial charge in [-0.15, -0.1) is 0 Å². The van der Waals surface area contributed by atoms with Crippen LogP contribution in [0.15, 0.2) is 28.7 Å². The molecule has 88 valence electrons. The van der Waals surface area contributed by atoms with Gasteiger partial charge in [-0.25, -0.2) is 4.79 Å². The zero-order valence-corrected chi connectivity index (χ0v) is 11.0. The lowest BCUT2D eigenvalue weighted by Crippen LogP contribution is -2.39. The highest BCUT2D eigenvalue weighted by Gasteiger charge is 2.31. The highest BCUT2D eigenvalue weighted by Crippen LogP contribution is 2.17. The summed E-state index contributed by atoms with van der Waals surface area (Å²) in [5.41, 5.74) is -0.578. The predicted molar refractivity (Wildman–Crippen MR) is 65.1 cm³/mol. The lowest BCUT2D eigenvalue weighted by atomic mass is 9.97. The summed E-state index contributed by atoms with van der Waals surface area (Å²) in [4.78, 5) is 11.5. The Hall–Kier alpha value is -0.870. The largest absolute Gasteiger partial charge is 0.464 e. The number of rotatable bonds is 4. The summed E-state index contributed by atoms with van der Waals surface area (Å²) in [6.45, 7) is 3.45. The van der Waals surface area contributed by atoms with Crippen LogP contribution in [0, 0.1) is 0 Å². The lowest BCUT2D eigenvalue weighted by molar-refractivity contribution is -0.162. The van der Waals surface area contributed by atoms with E-state index < -0.39 is 11.6 Å². The summed E-state index contributed by atoms with van der Waals surface area (Å²) in [6, 6.07) is 7.46. The van der Waals surface area contributed by atoms with Crippen LogP contribution in [0.3, 0.4) is 0 Å². The van der Waals surface area contributed by atoms with Crippen molar-refractivity contribution in [1.29, 1.82) is 0 Å². The van der Waals surface area contributed by atoms with Gasteiger partial charge in [0.1, 0.15) is 0 Å². The summed E-state index contributed by atoms with van der Waals surface area (Å²) in [7, 11) is 0. The first-order valence-corrected chi connectivity index (χ1v) is 5.89. The molecule has 0 saturated heterocycles. The van der Waals surface area contributed by atoms with Crippen LogP contribution < -0.4 is 0 Å². The molecule has 0 fully saturated rings. The van der Waals surface area contributed by atoms with E-state index in [4.69, 9.17) is 4.74 Å². The van der Waals surface area contributed by atoms with Gasteiger partial charge in [0.25, 0.3) is 0 Å². The van der Waals surface area contributed by atoms with Crippen LogP contribution >= 0.6 is 15.9 Å². The predicted octanol–water partition coefficient (Wildman–Crippen LogP) is 2.31. The molecule has 1 aromatic rings. The monoisotopic (exact) mass is 286 g/mol. The Bertz CT molecular complexity index is 357. The second-order valence-electron chi connectivity index (χ2n) is 3.80. The third-order valence-corrected chi connectivity index (χ3v) is 2.71. The Morgan fingerprint density at radius 1 is 1.44 bits per heavy atom. The van der Waals surface area contributed by atoms with Gasteiger partial charge in [-0.1, -0.05) is 28.1 Å². The van der Waals surface area contributed by atoms with Crippen molar-refractivity contribution in [3.8, 4) is 0 Å². The van der Waals surface area contributed by atoms with Gasteiger partial charge in [0.2, 0.25) is 0 Å². The lowest BCUT2D eigenvalue weighted by Gasteiger charge is -2.20. The van der Waals surface area contributed by atoms with E-state index in [1.54, 1.807) is 6.92 Å². The minimum Gasteiger partial charge on any atom is -0.464 e. The van der Waals surface area contributed by atoms with Crippen molar-refractivity contribution >= 4 is 21.9 Å². The molecule has 1 atom stereocenters. The van der Waals surface area contributed by atoms with Crippen molar-refractivity contribution < 1.29 is 14.6 Å². The molecule has 0 heterocycles. The third kappa shape index (κ3) is 3.61. The first kappa shape index (κ1) is 13.2. The van der Waals surface area contributed by atoms with Crippen molar-refractivity contribution in [3.05, 3.63) is 34.3 Å². The Kier molecular flexibility index (Phi) is 4.50. The first-order valence-electron chi connectivity index (χ1n) is 5.10. The maximum atomic E-state index is 11.5. The molecule has 0 radical (unpaired) electrons. The van der Waals surface area contributed by atoms with Crippen molar-refractivity contribution in [3.63, 3.8) is 0 Å². The van der Waals surface area contributed by atoms with Crippen LogP contribution in [0.4, 0.5) is 0 Å². The summed E-state index contributed by atoms with van der Waals surface area (Å²) in [5.74, 6) is -0.585. The number of ether oxygens (including phenoxy) is 1. The molecule has 1 aromatic carbocycles. The topological polar surface area (TPSA) is 46.5 Å². The van der Waals surface area contributed by atoms with Crippen molar-refractivity contribution in [1.82, 2.24) is 0 Å². The molecule has 4 heteroatoms. The van der Waals surface area contributed by atoms with Crippen molar-refractivity contribution in [2.24, 2.45) is 0 Å². The van der Waals surface area contributed by atoms with E-state index in [9.17, 15) is 9.90 Å². The summed E-state index contributed by atoms with van der Waals surface area (Å²) >= 11 is 3.32. The molecular formula is C12H15BrO3. The Morgan fingerprint density at radius 3 is 2.50 bits per heavy atom. The number of hydrogen-bond acceptors (Lipinski definition) is 3. The fraction of sp³-hybridized carbons (Fsp3) is 0.417. The molecule has 1 N–H and O–H groups in total. The van der Waals surface area contributed by atoms with Gasteiger partial charge < -0.3 is 9.84 Å². The van der Waals surface area contributed by atoms with Crippen LogP contribution in [-0.2, 0) is 16.0 Å². The number of carbonyl (C=O) groups excluding carboxylic acids is 1. The Labute approximate surface area is 104 Å². The number of aliphatic hydroxyl groups is 1. The summed E-state index contributed by atoms with van der Waals surface area (Å²) in [5, 5.41) is 9.95. The van der Waals surface area contributed by atoms with Gasteiger partial charge >= 0.3 is 5.97 Å². The van der Waals surface area contributed by atoms with Gasteiger partial charge in [0.15, 0.2) is 5.60 Å². The van der Waals surface area contributed by atoms with Gasteiger partial charge in [0.05, 0.1) is 6.61 Å². The molecule has 1 rings (SSSR count). The maximum Gasteiger partial charge on any atom is 0.338 e. The molecule has 0 spiro atoms. The van der Waals surface area contributed by atoms with Gasteiger partial charge in [-0.05, 0) is 31.5 Å². The van der Waals surface area contributed by atoms with Gasteiger partial charge in [0, 0.05) is 10.9 Å². The molecule has 0 aliphatic heterocycles. The molecule has 0 aliphatic rings. The third-order valence-electron chi connectivity index (χ3n) is 2.18. The molecule has 3 nitrogen and oxygen atoms in total. The molecule has 1 unspecified atom stereocenters. The summed E-state index contributed by atoms with van der Waals surface area (Å²) < 4.78 is 5.77. The summed E-state index contributed by atoms with van der Waals surface area (Å²) in [6.07, 6.45) is 0.249. The maximum absolute atomic E-state index is 11.5. The van der Waals surface area contributed by atoms with Crippen LogP contribution in [0.2, 0.25) is 0 Å². The van der Waals surface area contributed by atoms with E-state index >= 15 is 0 Å². The van der Waals surface area contributed by atoms with E-state index in [0.29, 0.717) is 0 Å². The molecule has 16 heavy (non-hydrogen) atoms. The highest BCUT2D eigenvalue weighted by molar-refractivity contribution is 9.10. The molecule has 0 bridgehead atoms. The minimum atomic E-state index is -1.47. The quantitative estimate of drug-likeness (QED) is 0.864. The minimum absolute atomic E-state index is 0.249. The van der Waals surface area contributed by atoms with Crippen molar-refractivity contribution in [2.75, 3.05) is 6.61 Å². The molecule has 0 amide bonds. The van der Waals surface area contributed by atoms with Crippen LogP contribution in [0.25, 0.3) is 0 Å². The Morgan fingerprint density at radius 2 is 2.00 bits per heavy atom.